The lowest BCUT2D eigenvalue weighted by molar-refractivity contribution is -0.137. The molecular formula is C79H99ClN18O21. The summed E-state index contributed by atoms with van der Waals surface area (Å²) in [5, 5.41) is 29.0. The molecule has 6 aromatic rings. The number of imide groups is 1. The molecule has 4 aliphatic heterocycles. The zero-order valence-electron chi connectivity index (χ0n) is 66.5. The number of carbonyl (C=O) groups excluding carboxylic acids is 12. The predicted molar refractivity (Wildman–Crippen MR) is 433 cm³/mol. The number of alkyl carbamates (subject to hydrolysis) is 2. The normalized spacial score (nSPS) is 14.9. The molecule has 39 nitrogen and oxygen atoms in total. The molecular weight excluding hydrogens is 1570 g/mol. The van der Waals surface area contributed by atoms with Gasteiger partial charge in [-0.1, -0.05) is 44.2 Å². The summed E-state index contributed by atoms with van der Waals surface area (Å²) in [5.41, 5.74) is 16.0. The van der Waals surface area contributed by atoms with E-state index < -0.39 is 84.0 Å². The van der Waals surface area contributed by atoms with Crippen molar-refractivity contribution in [2.24, 2.45) is 11.7 Å². The van der Waals surface area contributed by atoms with Crippen LogP contribution in [-0.2, 0) is 54.2 Å². The van der Waals surface area contributed by atoms with Gasteiger partial charge in [0, 0.05) is 124 Å². The summed E-state index contributed by atoms with van der Waals surface area (Å²) in [6.45, 7) is 8.30. The Balaban J connectivity index is 0.641. The lowest BCUT2D eigenvalue weighted by Crippen LogP contribution is -2.54. The van der Waals surface area contributed by atoms with Gasteiger partial charge in [0.1, 0.15) is 54.7 Å². The van der Waals surface area contributed by atoms with Crippen molar-refractivity contribution < 1.29 is 101 Å². The van der Waals surface area contributed by atoms with Crippen LogP contribution >= 0.6 is 11.6 Å². The molecule has 0 spiro atoms. The van der Waals surface area contributed by atoms with Crippen LogP contribution in [0.2, 0.25) is 0 Å². The number of H-pyrrole nitrogens is 1. The summed E-state index contributed by atoms with van der Waals surface area (Å²) >= 11 is 6.63. The van der Waals surface area contributed by atoms with Gasteiger partial charge in [-0.05, 0) is 103 Å². The maximum Gasteiger partial charge on any atom is 0.415 e. The molecule has 0 bridgehead atoms. The van der Waals surface area contributed by atoms with E-state index in [0.717, 1.165) is 26.8 Å². The first-order valence-corrected chi connectivity index (χ1v) is 39.1. The lowest BCUT2D eigenvalue weighted by Gasteiger charge is -2.31. The number of hydrogen-bond donors (Lipinski definition) is 11. The second-order valence-electron chi connectivity index (χ2n) is 28.4. The zero-order chi connectivity index (χ0) is 85.1. The van der Waals surface area contributed by atoms with Crippen LogP contribution in [0.15, 0.2) is 115 Å². The number of hydrazine groups is 2. The van der Waals surface area contributed by atoms with Gasteiger partial charge < -0.3 is 116 Å². The van der Waals surface area contributed by atoms with Gasteiger partial charge in [-0.2, -0.15) is 0 Å². The molecule has 4 aromatic carbocycles. The van der Waals surface area contributed by atoms with E-state index in [2.05, 4.69) is 57.7 Å². The van der Waals surface area contributed by atoms with Crippen LogP contribution in [0.4, 0.5) is 45.8 Å². The Morgan fingerprint density at radius 2 is 1.45 bits per heavy atom. The van der Waals surface area contributed by atoms with Crippen LogP contribution in [-0.4, -0.2) is 287 Å². The van der Waals surface area contributed by atoms with E-state index >= 15 is 0 Å². The van der Waals surface area contributed by atoms with Gasteiger partial charge in [-0.25, -0.2) is 33.8 Å². The number of likely N-dealkylation sites (N-methyl/N-ethyl adjacent to an activating group) is 2. The zero-order valence-corrected chi connectivity index (χ0v) is 67.3. The molecule has 2 aromatic heterocycles. The van der Waals surface area contributed by atoms with Crippen molar-refractivity contribution in [3.8, 4) is 11.5 Å². The molecule has 1 fully saturated rings. The van der Waals surface area contributed by atoms with Crippen molar-refractivity contribution >= 4 is 122 Å². The molecule has 3 atom stereocenters. The smallest absolute Gasteiger partial charge is 0.415 e. The third-order valence-electron chi connectivity index (χ3n) is 19.4. The summed E-state index contributed by atoms with van der Waals surface area (Å²) in [7, 11) is 3.47. The monoisotopic (exact) mass is 1670 g/mol. The number of urea groups is 1. The number of piperazine rings is 1. The number of aliphatic hydroxyl groups is 1. The van der Waals surface area contributed by atoms with Gasteiger partial charge in [0.25, 0.3) is 23.6 Å². The highest BCUT2D eigenvalue weighted by Crippen LogP contribution is 2.47. The summed E-state index contributed by atoms with van der Waals surface area (Å²) < 4.78 is 44.2. The van der Waals surface area contributed by atoms with Crippen molar-refractivity contribution in [2.45, 2.75) is 58.2 Å². The minimum absolute atomic E-state index is 0.00196. The van der Waals surface area contributed by atoms with Crippen LogP contribution in [0.5, 0.6) is 11.5 Å². The van der Waals surface area contributed by atoms with Gasteiger partial charge in [0.2, 0.25) is 11.8 Å². The number of amides is 13. The highest BCUT2D eigenvalue weighted by atomic mass is 35.5. The van der Waals surface area contributed by atoms with Crippen molar-refractivity contribution in [3.05, 3.63) is 143 Å². The Bertz CT molecular complexity index is 4660. The first-order chi connectivity index (χ1) is 57.3. The predicted octanol–water partition coefficient (Wildman–Crippen LogP) is 4.56. The van der Waals surface area contributed by atoms with E-state index in [9.17, 15) is 62.6 Å². The van der Waals surface area contributed by atoms with E-state index in [1.165, 1.54) is 59.5 Å². The van der Waals surface area contributed by atoms with Crippen molar-refractivity contribution in [1.29, 1.82) is 0 Å². The fourth-order valence-corrected chi connectivity index (χ4v) is 13.2. The number of ether oxygens (including phenoxy) is 8. The van der Waals surface area contributed by atoms with Gasteiger partial charge in [0.05, 0.1) is 89.2 Å². The summed E-state index contributed by atoms with van der Waals surface area (Å²) in [6.07, 6.45) is 2.13. The number of carbonyl (C=O) groups is 12. The number of primary amides is 1. The molecule has 119 heavy (non-hydrogen) atoms. The second kappa shape index (κ2) is 43.7. The van der Waals surface area contributed by atoms with Gasteiger partial charge in [-0.15, -0.1) is 17.1 Å². The summed E-state index contributed by atoms with van der Waals surface area (Å²) in [5.74, 6) is -3.08. The minimum atomic E-state index is -1.17. The maximum atomic E-state index is 14.6. The second-order valence-corrected chi connectivity index (χ2v) is 28.7. The number of nitrogens with zero attached hydrogens (tertiary/aromatic N) is 8. The number of nitrogens with two attached hydrogens (primary N) is 1. The molecule has 638 valence electrons. The molecule has 40 heteroatoms. The minimum Gasteiger partial charge on any atom is -0.447 e. The van der Waals surface area contributed by atoms with Crippen LogP contribution < -0.4 is 63.0 Å². The SMILES string of the molecule is Cc1cccc2c(OC(=O)N3CCN(C)CC3)cc3c(c12)[C@H](CCl)CN3C(=O)c1cc2cc(NC(=O)c3ccc(OC(=O)N(CCOCCO)CCN(C)C(=O)OCc4ccc(NC(=O)[C@H](CCCNC(N)=O)NC(=O)[C@@H](NC(=O)OCCOCCN5C=C(CNC(=O)OCCOCCN6C(=O)C=CC6=O)NN5)C(C)C)cc4)cc3)cnc2[nH]1. The first kappa shape index (κ1) is 89.0. The number of aryl methyl sites for hydroxylation is 1. The molecule has 1 saturated heterocycles. The number of aliphatic hydroxyl groups excluding tert-OH is 1. The number of rotatable bonds is 40. The van der Waals surface area contributed by atoms with E-state index in [1.54, 1.807) is 77.3 Å². The third kappa shape index (κ3) is 25.6. The topological polar surface area (TPSA) is 473 Å². The van der Waals surface area contributed by atoms with Gasteiger partial charge >= 0.3 is 36.5 Å². The lowest BCUT2D eigenvalue weighted by atomic mass is 9.92. The summed E-state index contributed by atoms with van der Waals surface area (Å²) in [4.78, 5) is 173. The number of aromatic amines is 1. The Kier molecular flexibility index (Phi) is 32.7. The molecule has 6 heterocycles. The number of halogens is 1. The van der Waals surface area contributed by atoms with Crippen molar-refractivity contribution in [2.75, 3.05) is 174 Å². The number of alkyl halides is 1. The van der Waals surface area contributed by atoms with Gasteiger partial charge in [-0.3, -0.25) is 38.7 Å². The fourth-order valence-electron chi connectivity index (χ4n) is 12.9. The van der Waals surface area contributed by atoms with Crippen LogP contribution in [0, 0.1) is 12.8 Å². The molecule has 0 saturated carbocycles. The quantitative estimate of drug-likeness (QED) is 0.0109. The average molecular weight is 1670 g/mol. The Hall–Kier alpha value is -12.4. The molecule has 0 aliphatic carbocycles. The number of fused-ring (bicyclic) bond motifs is 4. The maximum absolute atomic E-state index is 14.6. The Morgan fingerprint density at radius 3 is 2.16 bits per heavy atom. The number of pyridine rings is 1. The molecule has 0 radical (unpaired) electrons. The molecule has 0 unspecified atom stereocenters. The Morgan fingerprint density at radius 1 is 0.739 bits per heavy atom. The van der Waals surface area contributed by atoms with Crippen molar-refractivity contribution in [3.63, 3.8) is 0 Å². The van der Waals surface area contributed by atoms with E-state index in [1.807, 2.05) is 32.2 Å². The number of nitrogens with one attached hydrogen (secondary N) is 9. The number of hydrogen-bond acceptors (Lipinski definition) is 26. The molecule has 4 aliphatic rings. The summed E-state index contributed by atoms with van der Waals surface area (Å²) in [6, 6.07) is 19.9. The first-order valence-electron chi connectivity index (χ1n) is 38.6. The standard InChI is InChI=1S/C79H99ClN18O21/c1-49(2)68(89-76(108)116-39-37-113-33-29-96-47-57(90-91-96)45-84-75(107)115-38-36-114-34-30-97-64(100)19-20-65(97)101)72(104)88-60(10-7-21-82-74(81)106)71(103)85-55-15-11-51(12-16-55)48-117-77(109)93(5)24-27-95(28-32-112-35-31-99)78(110)118-58-17-13-52(14-18-58)70(102)86-56-40-53-41-61(87-69(53)83-44-56)73(105)98-46-54(43-80)67-62(98)42-63(59-9-6-8-50(3)66(59)67)119-79(111)94-25-22-92(4)23-26-94/h6,8-9,11-20,40-42,44,47,49,54,60,68,90-91,99H,7,10,21-39,43,45-46,48H2,1-5H3,(H,83,87)(H,84,107)(H,85,103)(H,86,102)(H,88,104)(H,89,108)(H3,81,82,106)/t54-,60+,68+/m1/s1. The third-order valence-corrected chi connectivity index (χ3v) is 19.8. The number of benzene rings is 4. The van der Waals surface area contributed by atoms with Crippen LogP contribution in [0.3, 0.4) is 0 Å². The van der Waals surface area contributed by atoms with Crippen LogP contribution in [0.1, 0.15) is 70.1 Å². The molecule has 10 rings (SSSR count). The molecule has 13 amide bonds. The largest absolute Gasteiger partial charge is 0.447 e. The fraction of sp³-hybridized carbons (Fsp3) is 0.430. The van der Waals surface area contributed by atoms with Gasteiger partial charge in [0.15, 0.2) is 0 Å². The van der Waals surface area contributed by atoms with E-state index in [-0.39, 0.29) is 159 Å². The van der Waals surface area contributed by atoms with E-state index in [0.29, 0.717) is 77.8 Å². The highest BCUT2D eigenvalue weighted by molar-refractivity contribution is 6.20. The Labute approximate surface area is 689 Å². The molecule has 12 N–H and O–H groups in total. The average Bonchev–Trinajstić information content (AvgIpc) is 1.46. The van der Waals surface area contributed by atoms with Crippen LogP contribution in [0.25, 0.3) is 21.8 Å². The van der Waals surface area contributed by atoms with Crippen molar-refractivity contribution in [1.82, 2.24) is 71.7 Å². The van der Waals surface area contributed by atoms with E-state index in [4.69, 9.17) is 55.2 Å². The number of anilines is 3. The highest BCUT2D eigenvalue weighted by Gasteiger charge is 2.38. The number of aromatic nitrogens is 2.